The molecule has 24 heavy (non-hydrogen) atoms. The van der Waals surface area contributed by atoms with Gasteiger partial charge in [0.25, 0.3) is 0 Å². The zero-order valence-electron chi connectivity index (χ0n) is 12.3. The Morgan fingerprint density at radius 1 is 1.21 bits per heavy atom. The molecule has 2 aliphatic heterocycles. The van der Waals surface area contributed by atoms with Gasteiger partial charge < -0.3 is 39.7 Å². The van der Waals surface area contributed by atoms with Crippen LogP contribution in [0, 0.1) is 0 Å². The fraction of sp³-hybridized carbons (Fsp3) is 0.500. The number of hydrogen-bond acceptors (Lipinski definition) is 9. The van der Waals surface area contributed by atoms with Crippen LogP contribution in [0.1, 0.15) is 22.0 Å². The predicted octanol–water partition coefficient (Wildman–Crippen LogP) is -0.438. The third kappa shape index (κ3) is 2.25. The van der Waals surface area contributed by atoms with Crippen LogP contribution in [0.15, 0.2) is 4.47 Å². The van der Waals surface area contributed by atoms with E-state index in [9.17, 15) is 30.3 Å². The molecule has 1 saturated heterocycles. The maximum absolute atomic E-state index is 12.3. The Morgan fingerprint density at radius 2 is 1.88 bits per heavy atom. The van der Waals surface area contributed by atoms with Gasteiger partial charge in [0.05, 0.1) is 23.8 Å². The van der Waals surface area contributed by atoms with E-state index >= 15 is 0 Å². The van der Waals surface area contributed by atoms with E-state index in [0.29, 0.717) is 0 Å². The van der Waals surface area contributed by atoms with Crippen molar-refractivity contribution in [2.24, 2.45) is 0 Å². The van der Waals surface area contributed by atoms with Crippen LogP contribution in [0.2, 0.25) is 0 Å². The van der Waals surface area contributed by atoms with Crippen molar-refractivity contribution in [3.05, 3.63) is 15.6 Å². The van der Waals surface area contributed by atoms with Gasteiger partial charge in [-0.3, -0.25) is 0 Å². The lowest BCUT2D eigenvalue weighted by molar-refractivity contribution is -0.235. The van der Waals surface area contributed by atoms with Gasteiger partial charge in [-0.2, -0.15) is 0 Å². The molecule has 5 atom stereocenters. The lowest BCUT2D eigenvalue weighted by atomic mass is 9.86. The Kier molecular flexibility index (Phi) is 4.34. The van der Waals surface area contributed by atoms with E-state index in [-0.39, 0.29) is 21.3 Å². The largest absolute Gasteiger partial charge is 0.504 e. The molecule has 0 aromatic heterocycles. The number of ether oxygens (including phenoxy) is 3. The molecule has 0 bridgehead atoms. The molecule has 2 aliphatic rings. The Morgan fingerprint density at radius 3 is 2.46 bits per heavy atom. The first-order valence-corrected chi connectivity index (χ1v) is 7.77. The number of phenolic OH excluding ortho intramolecular Hbond substituents is 2. The first-order chi connectivity index (χ1) is 11.3. The van der Waals surface area contributed by atoms with Crippen LogP contribution < -0.4 is 4.74 Å². The van der Waals surface area contributed by atoms with E-state index in [1.165, 1.54) is 7.11 Å². The minimum Gasteiger partial charge on any atom is -0.504 e. The third-order valence-corrected chi connectivity index (χ3v) is 4.96. The zero-order chi connectivity index (χ0) is 17.8. The molecule has 3 rings (SSSR count). The molecule has 0 saturated carbocycles. The van der Waals surface area contributed by atoms with Gasteiger partial charge in [0, 0.05) is 5.56 Å². The number of halogens is 1. The minimum atomic E-state index is -1.53. The second kappa shape index (κ2) is 6.05. The number of hydrogen-bond donors (Lipinski definition) is 5. The average Bonchev–Trinajstić information content (AvgIpc) is 2.56. The molecule has 9 nitrogen and oxygen atoms in total. The number of methoxy groups -OCH3 is 1. The van der Waals surface area contributed by atoms with Gasteiger partial charge in [-0.15, -0.1) is 0 Å². The Labute approximate surface area is 144 Å². The van der Waals surface area contributed by atoms with Gasteiger partial charge in [-0.25, -0.2) is 4.79 Å². The summed E-state index contributed by atoms with van der Waals surface area (Å²) in [4.78, 5) is 12.3. The van der Waals surface area contributed by atoms with Crippen molar-refractivity contribution < 1.29 is 44.5 Å². The molecule has 0 amide bonds. The second-order valence-corrected chi connectivity index (χ2v) is 6.25. The summed E-state index contributed by atoms with van der Waals surface area (Å²) in [6.45, 7) is -0.595. The molecule has 0 aliphatic carbocycles. The number of phenols is 2. The second-order valence-electron chi connectivity index (χ2n) is 5.46. The Balaban J connectivity index is 2.22. The van der Waals surface area contributed by atoms with Crippen molar-refractivity contribution in [1.29, 1.82) is 0 Å². The highest BCUT2D eigenvalue weighted by atomic mass is 79.9. The molecular formula is C14H15BrO9. The molecule has 10 heteroatoms. The van der Waals surface area contributed by atoms with E-state index in [2.05, 4.69) is 15.9 Å². The summed E-state index contributed by atoms with van der Waals surface area (Å²) in [5.74, 6) is -2.28. The molecule has 1 aromatic carbocycles. The number of carbonyl (C=O) groups excluding carboxylic acids is 1. The number of aromatic hydroxyl groups is 2. The maximum atomic E-state index is 12.3. The molecule has 0 spiro atoms. The topological polar surface area (TPSA) is 146 Å². The standard InChI is InChI=1S/C14H15BrO9/c1-22-12-8(18)5-4(6(15)9(12)19)14(21)24-13-10(20)7(17)3(2-16)23-11(5)13/h3,7,10-11,13,16-20H,2H2,1H3. The van der Waals surface area contributed by atoms with E-state index in [1.807, 2.05) is 0 Å². The number of carbonyl (C=O) groups is 1. The summed E-state index contributed by atoms with van der Waals surface area (Å²) in [6.07, 6.45) is -6.62. The monoisotopic (exact) mass is 406 g/mol. The molecule has 5 N–H and O–H groups in total. The number of aliphatic hydroxyl groups is 3. The van der Waals surface area contributed by atoms with Crippen LogP contribution in [0.3, 0.4) is 0 Å². The smallest absolute Gasteiger partial charge is 0.340 e. The SMILES string of the molecule is COc1c(O)c(Br)c2c(c1O)C1OC(CO)C(O)C(O)C1OC2=O. The number of benzene rings is 1. The fourth-order valence-electron chi connectivity index (χ4n) is 3.00. The zero-order valence-corrected chi connectivity index (χ0v) is 13.9. The van der Waals surface area contributed by atoms with Crippen LogP contribution in [-0.4, -0.2) is 69.6 Å². The van der Waals surface area contributed by atoms with Gasteiger partial charge in [0.1, 0.15) is 24.4 Å². The highest BCUT2D eigenvalue weighted by Gasteiger charge is 2.52. The average molecular weight is 407 g/mol. The summed E-state index contributed by atoms with van der Waals surface area (Å²) in [6, 6.07) is 0. The number of aliphatic hydroxyl groups excluding tert-OH is 3. The molecule has 5 unspecified atom stereocenters. The van der Waals surface area contributed by atoms with Gasteiger partial charge in [-0.05, 0) is 15.9 Å². The number of esters is 1. The van der Waals surface area contributed by atoms with E-state index < -0.39 is 54.6 Å². The van der Waals surface area contributed by atoms with Crippen molar-refractivity contribution in [2.45, 2.75) is 30.5 Å². The molecule has 0 radical (unpaired) electrons. The highest BCUT2D eigenvalue weighted by Crippen LogP contribution is 2.53. The summed E-state index contributed by atoms with van der Waals surface area (Å²) in [7, 11) is 1.21. The number of fused-ring (bicyclic) bond motifs is 3. The van der Waals surface area contributed by atoms with Crippen molar-refractivity contribution in [1.82, 2.24) is 0 Å². The summed E-state index contributed by atoms with van der Waals surface area (Å²) < 4.78 is 15.5. The first kappa shape index (κ1) is 17.2. The van der Waals surface area contributed by atoms with Gasteiger partial charge in [-0.1, -0.05) is 0 Å². The summed E-state index contributed by atoms with van der Waals surface area (Å²) >= 11 is 3.05. The van der Waals surface area contributed by atoms with Crippen molar-refractivity contribution in [2.75, 3.05) is 13.7 Å². The Bertz CT molecular complexity index is 692. The maximum Gasteiger partial charge on any atom is 0.340 e. The van der Waals surface area contributed by atoms with Crippen LogP contribution in [-0.2, 0) is 9.47 Å². The van der Waals surface area contributed by atoms with Crippen LogP contribution in [0.4, 0.5) is 0 Å². The molecule has 1 fully saturated rings. The molecule has 132 valence electrons. The Hall–Kier alpha value is -1.59. The molecular weight excluding hydrogens is 392 g/mol. The van der Waals surface area contributed by atoms with Crippen molar-refractivity contribution >= 4 is 21.9 Å². The van der Waals surface area contributed by atoms with Crippen LogP contribution in [0.25, 0.3) is 0 Å². The van der Waals surface area contributed by atoms with E-state index in [4.69, 9.17) is 14.2 Å². The van der Waals surface area contributed by atoms with Gasteiger partial charge in [0.15, 0.2) is 17.6 Å². The quantitative estimate of drug-likeness (QED) is 0.412. The summed E-state index contributed by atoms with van der Waals surface area (Å²) in [5.41, 5.74) is -0.255. The van der Waals surface area contributed by atoms with Crippen LogP contribution in [0.5, 0.6) is 17.2 Å². The fourth-order valence-corrected chi connectivity index (χ4v) is 3.55. The summed E-state index contributed by atoms with van der Waals surface area (Å²) in [5, 5.41) is 49.8. The van der Waals surface area contributed by atoms with E-state index in [1.54, 1.807) is 0 Å². The highest BCUT2D eigenvalue weighted by molar-refractivity contribution is 9.10. The molecule has 1 aromatic rings. The van der Waals surface area contributed by atoms with Gasteiger partial charge in [0.2, 0.25) is 5.75 Å². The van der Waals surface area contributed by atoms with Crippen LogP contribution >= 0.6 is 15.9 Å². The predicted molar refractivity (Wildman–Crippen MR) is 79.9 cm³/mol. The van der Waals surface area contributed by atoms with Gasteiger partial charge >= 0.3 is 5.97 Å². The normalized spacial score (nSPS) is 31.9. The lowest BCUT2D eigenvalue weighted by Gasteiger charge is -2.44. The van der Waals surface area contributed by atoms with Crippen molar-refractivity contribution in [3.8, 4) is 17.2 Å². The first-order valence-electron chi connectivity index (χ1n) is 6.98. The molecule has 2 heterocycles. The van der Waals surface area contributed by atoms with E-state index in [0.717, 1.165) is 0 Å². The minimum absolute atomic E-state index is 0.0674. The van der Waals surface area contributed by atoms with Crippen molar-refractivity contribution in [3.63, 3.8) is 0 Å². The number of rotatable bonds is 2. The lowest BCUT2D eigenvalue weighted by Crippen LogP contribution is -2.58. The third-order valence-electron chi connectivity index (χ3n) is 4.19.